The van der Waals surface area contributed by atoms with E-state index in [4.69, 9.17) is 14.2 Å². The van der Waals surface area contributed by atoms with Crippen molar-refractivity contribution in [1.82, 2.24) is 24.3 Å². The molecular weight excluding hydrogens is 586 g/mol. The molecule has 0 saturated carbocycles. The molecule has 238 valence electrons. The number of aromatic nitrogens is 3. The van der Waals surface area contributed by atoms with Crippen LogP contribution in [0.2, 0.25) is 0 Å². The summed E-state index contributed by atoms with van der Waals surface area (Å²) in [4.78, 5) is 34.0. The lowest BCUT2D eigenvalue weighted by Crippen LogP contribution is -2.63. The molecule has 0 aliphatic carbocycles. The first-order chi connectivity index (χ1) is 22.1. The Bertz CT molecular complexity index is 1790. The summed E-state index contributed by atoms with van der Waals surface area (Å²) in [6, 6.07) is 17.1. The Balaban J connectivity index is 1.27. The molecule has 2 aromatic heterocycles. The third-order valence-corrected chi connectivity index (χ3v) is 8.05. The number of urea groups is 1. The fourth-order valence-corrected chi connectivity index (χ4v) is 5.69. The molecule has 0 unspecified atom stereocenters. The zero-order valence-electron chi connectivity index (χ0n) is 26.6. The van der Waals surface area contributed by atoms with Gasteiger partial charge in [0.2, 0.25) is 0 Å². The van der Waals surface area contributed by atoms with Gasteiger partial charge in [-0.3, -0.25) is 9.47 Å². The minimum absolute atomic E-state index is 0.147. The van der Waals surface area contributed by atoms with E-state index in [9.17, 15) is 14.9 Å². The lowest BCUT2D eigenvalue weighted by Gasteiger charge is -2.40. The van der Waals surface area contributed by atoms with Crippen LogP contribution in [0.1, 0.15) is 31.9 Å². The van der Waals surface area contributed by atoms with Crippen LogP contribution in [0.15, 0.2) is 67.1 Å². The molecule has 12 nitrogen and oxygen atoms in total. The highest BCUT2D eigenvalue weighted by atomic mass is 16.7. The maximum atomic E-state index is 13.7. The summed E-state index contributed by atoms with van der Waals surface area (Å²) in [6.07, 6.45) is 4.74. The first-order valence-electron chi connectivity index (χ1n) is 15.1. The summed E-state index contributed by atoms with van der Waals surface area (Å²) < 4.78 is 20.6. The maximum Gasteiger partial charge on any atom is 0.410 e. The monoisotopic (exact) mass is 623 g/mol. The number of nitrogens with one attached hydrogen (secondary N) is 1. The Morgan fingerprint density at radius 1 is 1.09 bits per heavy atom. The molecule has 4 heterocycles. The van der Waals surface area contributed by atoms with Gasteiger partial charge in [-0.15, -0.1) is 0 Å². The predicted molar refractivity (Wildman–Crippen MR) is 172 cm³/mol. The number of nitriles is 1. The Morgan fingerprint density at radius 3 is 2.50 bits per heavy atom. The van der Waals surface area contributed by atoms with E-state index in [1.54, 1.807) is 16.0 Å². The molecule has 0 spiro atoms. The number of nitrogens with zero attached hydrogens (tertiary/aromatic N) is 6. The average Bonchev–Trinajstić information content (AvgIpc) is 3.63. The average molecular weight is 624 g/mol. The number of fused-ring (bicyclic) bond motifs is 5. The summed E-state index contributed by atoms with van der Waals surface area (Å²) in [6.45, 7) is 6.87. The van der Waals surface area contributed by atoms with Crippen LogP contribution in [0.5, 0.6) is 0 Å². The smallest absolute Gasteiger partial charge is 0.410 e. The van der Waals surface area contributed by atoms with Gasteiger partial charge in [-0.2, -0.15) is 5.26 Å². The second kappa shape index (κ2) is 12.3. The predicted octanol–water partition coefficient (Wildman–Crippen LogP) is 5.00. The molecule has 0 radical (unpaired) electrons. The standard InChI is InChI=1S/C34H37N7O5/c1-34(2,3)46-33(43)39-19-26(20-39)37-32(42)41(21-30(44-4)45-5)27-10-11-28-25(14-27)18-38-17-24(23-8-6-22(16-35)7-9-23)15-29(38)31-36-12-13-40(28)31/h6-15,17,26,30H,18-21H2,1-5H3,(H,37,42). The van der Waals surface area contributed by atoms with Crippen LogP contribution in [0.25, 0.3) is 28.3 Å². The Labute approximate surface area is 267 Å². The number of rotatable bonds is 7. The van der Waals surface area contributed by atoms with Crippen LogP contribution >= 0.6 is 0 Å². The molecule has 4 aromatic rings. The molecule has 6 rings (SSSR count). The van der Waals surface area contributed by atoms with E-state index in [-0.39, 0.29) is 18.6 Å². The molecule has 46 heavy (non-hydrogen) atoms. The lowest BCUT2D eigenvalue weighted by atomic mass is 10.1. The number of amides is 3. The molecule has 0 atom stereocenters. The highest BCUT2D eigenvalue weighted by Gasteiger charge is 2.36. The highest BCUT2D eigenvalue weighted by molar-refractivity contribution is 5.93. The minimum Gasteiger partial charge on any atom is -0.444 e. The number of carbonyl (C=O) groups is 2. The summed E-state index contributed by atoms with van der Waals surface area (Å²) in [5, 5.41) is 12.3. The normalized spacial score (nSPS) is 14.0. The van der Waals surface area contributed by atoms with Crippen molar-refractivity contribution in [2.24, 2.45) is 0 Å². The molecule has 0 bridgehead atoms. The van der Waals surface area contributed by atoms with Crippen molar-refractivity contribution in [1.29, 1.82) is 5.26 Å². The van der Waals surface area contributed by atoms with Crippen LogP contribution in [0.4, 0.5) is 15.3 Å². The van der Waals surface area contributed by atoms with Gasteiger partial charge in [-0.05, 0) is 68.3 Å². The van der Waals surface area contributed by atoms with Crippen LogP contribution in [0, 0.1) is 11.3 Å². The summed E-state index contributed by atoms with van der Waals surface area (Å²) in [5.74, 6) is 0.805. The van der Waals surface area contributed by atoms with E-state index in [0.29, 0.717) is 30.9 Å². The molecule has 1 N–H and O–H groups in total. The van der Waals surface area contributed by atoms with Crippen molar-refractivity contribution in [3.8, 4) is 34.4 Å². The van der Waals surface area contributed by atoms with E-state index >= 15 is 0 Å². The van der Waals surface area contributed by atoms with E-state index in [1.165, 1.54) is 14.2 Å². The molecular formula is C34H37N7O5. The molecule has 2 aromatic carbocycles. The van der Waals surface area contributed by atoms with Gasteiger partial charge >= 0.3 is 12.1 Å². The first-order valence-corrected chi connectivity index (χ1v) is 15.1. The molecule has 2 aliphatic rings. The number of imidazole rings is 1. The second-order valence-corrected chi connectivity index (χ2v) is 12.4. The number of hydrogen-bond donors (Lipinski definition) is 1. The van der Waals surface area contributed by atoms with E-state index in [1.807, 2.05) is 69.4 Å². The van der Waals surface area contributed by atoms with Gasteiger partial charge in [-0.25, -0.2) is 14.6 Å². The van der Waals surface area contributed by atoms with Crippen molar-refractivity contribution in [3.05, 3.63) is 78.2 Å². The van der Waals surface area contributed by atoms with Crippen LogP contribution < -0.4 is 10.2 Å². The number of methoxy groups -OCH3 is 2. The van der Waals surface area contributed by atoms with Gasteiger partial charge in [0.25, 0.3) is 0 Å². The summed E-state index contributed by atoms with van der Waals surface area (Å²) in [7, 11) is 3.07. The molecule has 12 heteroatoms. The fraction of sp³-hybridized carbons (Fsp3) is 0.353. The fourth-order valence-electron chi connectivity index (χ4n) is 5.69. The van der Waals surface area contributed by atoms with Crippen molar-refractivity contribution in [2.45, 2.75) is 45.2 Å². The minimum atomic E-state index is -0.657. The Kier molecular flexibility index (Phi) is 8.29. The molecule has 1 fully saturated rings. The topological polar surface area (TPSA) is 127 Å². The van der Waals surface area contributed by atoms with E-state index in [2.05, 4.69) is 37.8 Å². The third kappa shape index (κ3) is 6.20. The summed E-state index contributed by atoms with van der Waals surface area (Å²) in [5.41, 5.74) is 5.60. The van der Waals surface area contributed by atoms with Crippen molar-refractivity contribution < 1.29 is 23.8 Å². The van der Waals surface area contributed by atoms with E-state index in [0.717, 1.165) is 33.9 Å². The van der Waals surface area contributed by atoms with Crippen LogP contribution in [0.3, 0.4) is 0 Å². The summed E-state index contributed by atoms with van der Waals surface area (Å²) >= 11 is 0. The lowest BCUT2D eigenvalue weighted by molar-refractivity contribution is -0.0940. The molecule has 2 aliphatic heterocycles. The maximum absolute atomic E-state index is 13.7. The largest absolute Gasteiger partial charge is 0.444 e. The highest BCUT2D eigenvalue weighted by Crippen LogP contribution is 2.35. The van der Waals surface area contributed by atoms with Gasteiger partial charge < -0.3 is 29.0 Å². The number of ether oxygens (including phenoxy) is 3. The Morgan fingerprint density at radius 2 is 1.83 bits per heavy atom. The number of hydrogen-bond acceptors (Lipinski definition) is 7. The number of likely N-dealkylation sites (tertiary alicyclic amines) is 1. The van der Waals surface area contributed by atoms with Crippen molar-refractivity contribution in [3.63, 3.8) is 0 Å². The Hall–Kier alpha value is -5.12. The van der Waals surface area contributed by atoms with Crippen molar-refractivity contribution >= 4 is 17.8 Å². The number of carbonyl (C=O) groups excluding carboxylic acids is 2. The number of anilines is 1. The number of benzene rings is 2. The van der Waals surface area contributed by atoms with Crippen LogP contribution in [-0.4, -0.2) is 82.9 Å². The quantitative estimate of drug-likeness (QED) is 0.253. The molecule has 1 saturated heterocycles. The zero-order valence-corrected chi connectivity index (χ0v) is 26.6. The van der Waals surface area contributed by atoms with Crippen molar-refractivity contribution in [2.75, 3.05) is 38.8 Å². The first kappa shape index (κ1) is 30.9. The van der Waals surface area contributed by atoms with Gasteiger partial charge in [-0.1, -0.05) is 12.1 Å². The van der Waals surface area contributed by atoms with Gasteiger partial charge in [0, 0.05) is 63.7 Å². The van der Waals surface area contributed by atoms with E-state index < -0.39 is 18.0 Å². The van der Waals surface area contributed by atoms with Gasteiger partial charge in [0.1, 0.15) is 5.60 Å². The molecule has 3 amide bonds. The van der Waals surface area contributed by atoms with Gasteiger partial charge in [0.15, 0.2) is 12.1 Å². The zero-order chi connectivity index (χ0) is 32.6. The second-order valence-electron chi connectivity index (χ2n) is 12.4. The SMILES string of the molecule is COC(CN(C(=O)NC1CN(C(=O)OC(C)(C)C)C1)c1ccc2c(c1)Cn1cc(-c3ccc(C#N)cc3)cc1-c1nccn1-2)OC. The van der Waals surface area contributed by atoms with Crippen LogP contribution in [-0.2, 0) is 20.8 Å². The van der Waals surface area contributed by atoms with Gasteiger partial charge in [0.05, 0.1) is 35.6 Å². The third-order valence-electron chi connectivity index (χ3n) is 8.05.